The number of aromatic nitrogens is 4. The lowest BCUT2D eigenvalue weighted by Crippen LogP contribution is -2.24. The number of nitro groups is 1. The molecule has 0 spiro atoms. The summed E-state index contributed by atoms with van der Waals surface area (Å²) in [6.07, 6.45) is -0.756. The van der Waals surface area contributed by atoms with Crippen LogP contribution in [0, 0.1) is 10.1 Å². The third-order valence-corrected chi connectivity index (χ3v) is 5.47. The summed E-state index contributed by atoms with van der Waals surface area (Å²) in [4.78, 5) is 34.7. The third kappa shape index (κ3) is 3.26. The molecule has 0 radical (unpaired) electrons. The zero-order valence-corrected chi connectivity index (χ0v) is 16.5. The standard InChI is InChI=1S/C20H18N6O6/c27-8-14-13(28)7-15(32-14)25-9-21-17-18(25)23-20(24-19(17)29)22-16-11-4-2-1-3-10(11)5-6-12(16)26(30)31/h1-6,9,13-15,27-28H,7-8H2,(H2,22,23,24,29)/t13-,14+,15+/m0/s1. The number of aliphatic hydroxyl groups excluding tert-OH is 2. The van der Waals surface area contributed by atoms with Gasteiger partial charge in [-0.2, -0.15) is 4.98 Å². The van der Waals surface area contributed by atoms with E-state index in [2.05, 4.69) is 20.3 Å². The van der Waals surface area contributed by atoms with Gasteiger partial charge in [-0.25, -0.2) is 4.98 Å². The molecule has 0 amide bonds. The van der Waals surface area contributed by atoms with E-state index < -0.39 is 28.9 Å². The predicted octanol–water partition coefficient (Wildman–Crippen LogP) is 1.57. The van der Waals surface area contributed by atoms with Crippen LogP contribution < -0.4 is 10.9 Å². The van der Waals surface area contributed by atoms with Gasteiger partial charge in [0.1, 0.15) is 18.0 Å². The maximum atomic E-state index is 12.6. The molecule has 3 heterocycles. The Morgan fingerprint density at radius 1 is 1.31 bits per heavy atom. The van der Waals surface area contributed by atoms with Crippen molar-refractivity contribution in [3.8, 4) is 0 Å². The second-order valence-electron chi connectivity index (χ2n) is 7.42. The molecule has 1 aliphatic rings. The molecule has 12 heteroatoms. The summed E-state index contributed by atoms with van der Waals surface area (Å²) in [7, 11) is 0. The monoisotopic (exact) mass is 438 g/mol. The van der Waals surface area contributed by atoms with Crippen molar-refractivity contribution in [2.45, 2.75) is 24.9 Å². The smallest absolute Gasteiger partial charge is 0.293 e. The molecule has 0 bridgehead atoms. The average Bonchev–Trinajstić information content (AvgIpc) is 3.37. The molecule has 0 aliphatic carbocycles. The lowest BCUT2D eigenvalue weighted by atomic mass is 10.1. The van der Waals surface area contributed by atoms with Crippen LogP contribution in [0.5, 0.6) is 0 Å². The van der Waals surface area contributed by atoms with Gasteiger partial charge >= 0.3 is 0 Å². The Morgan fingerprint density at radius 2 is 2.12 bits per heavy atom. The van der Waals surface area contributed by atoms with Crippen LogP contribution in [0.1, 0.15) is 12.6 Å². The Morgan fingerprint density at radius 3 is 2.88 bits per heavy atom. The van der Waals surface area contributed by atoms with E-state index in [1.165, 1.54) is 17.0 Å². The number of rotatable bonds is 5. The molecular formula is C20H18N6O6. The average molecular weight is 438 g/mol. The summed E-state index contributed by atoms with van der Waals surface area (Å²) in [5, 5.41) is 35.2. The SMILES string of the molecule is O=c1[nH]c(Nc2c([N+](=O)[O-])ccc3ccccc23)nc2c1ncn2[C@H]1C[C@H](O)[C@@H](CO)O1. The number of nitro benzene ring substituents is 1. The Hall–Kier alpha value is -3.87. The number of imidazole rings is 1. The van der Waals surface area contributed by atoms with Gasteiger partial charge in [0.15, 0.2) is 11.2 Å². The van der Waals surface area contributed by atoms with Crippen molar-refractivity contribution < 1.29 is 19.9 Å². The zero-order chi connectivity index (χ0) is 22.4. The van der Waals surface area contributed by atoms with Gasteiger partial charge in [-0.3, -0.25) is 24.5 Å². The van der Waals surface area contributed by atoms with E-state index in [0.29, 0.717) is 5.39 Å². The summed E-state index contributed by atoms with van der Waals surface area (Å²) in [6.45, 7) is -0.351. The van der Waals surface area contributed by atoms with Crippen molar-refractivity contribution in [1.29, 1.82) is 0 Å². The molecule has 0 unspecified atom stereocenters. The summed E-state index contributed by atoms with van der Waals surface area (Å²) in [6, 6.07) is 10.2. The van der Waals surface area contributed by atoms with E-state index in [9.17, 15) is 25.1 Å². The summed E-state index contributed by atoms with van der Waals surface area (Å²) in [5.41, 5.74) is -0.303. The molecule has 1 saturated heterocycles. The van der Waals surface area contributed by atoms with Gasteiger partial charge in [0, 0.05) is 17.9 Å². The van der Waals surface area contributed by atoms with E-state index >= 15 is 0 Å². The number of aromatic amines is 1. The van der Waals surface area contributed by atoms with Gasteiger partial charge in [-0.05, 0) is 11.5 Å². The molecule has 4 aromatic rings. The van der Waals surface area contributed by atoms with E-state index in [1.54, 1.807) is 18.2 Å². The number of benzene rings is 2. The van der Waals surface area contributed by atoms with Crippen LogP contribution in [0.25, 0.3) is 21.9 Å². The summed E-state index contributed by atoms with van der Waals surface area (Å²) in [5.74, 6) is -0.0130. The molecule has 3 atom stereocenters. The van der Waals surface area contributed by atoms with Gasteiger partial charge < -0.3 is 20.3 Å². The highest BCUT2D eigenvalue weighted by molar-refractivity contribution is 5.99. The molecule has 0 saturated carbocycles. The van der Waals surface area contributed by atoms with Crippen molar-refractivity contribution in [3.63, 3.8) is 0 Å². The molecular weight excluding hydrogens is 420 g/mol. The molecule has 2 aromatic carbocycles. The molecule has 2 aromatic heterocycles. The number of fused-ring (bicyclic) bond motifs is 2. The van der Waals surface area contributed by atoms with Crippen LogP contribution in [0.3, 0.4) is 0 Å². The largest absolute Gasteiger partial charge is 0.394 e. The summed E-state index contributed by atoms with van der Waals surface area (Å²) >= 11 is 0. The van der Waals surface area contributed by atoms with E-state index in [0.717, 1.165) is 5.39 Å². The van der Waals surface area contributed by atoms with Crippen LogP contribution in [-0.2, 0) is 4.74 Å². The van der Waals surface area contributed by atoms with Gasteiger partial charge in [0.25, 0.3) is 11.2 Å². The Balaban J connectivity index is 1.60. The first-order valence-electron chi connectivity index (χ1n) is 9.80. The number of hydrogen-bond donors (Lipinski definition) is 4. The first kappa shape index (κ1) is 20.1. The van der Waals surface area contributed by atoms with Gasteiger partial charge in [-0.15, -0.1) is 0 Å². The van der Waals surface area contributed by atoms with Gasteiger partial charge in [-0.1, -0.05) is 24.3 Å². The number of anilines is 2. The zero-order valence-electron chi connectivity index (χ0n) is 16.5. The van der Waals surface area contributed by atoms with Crippen LogP contribution in [-0.4, -0.2) is 53.5 Å². The fourth-order valence-electron chi connectivity index (χ4n) is 3.91. The van der Waals surface area contributed by atoms with Crippen molar-refractivity contribution in [3.05, 3.63) is 63.2 Å². The van der Waals surface area contributed by atoms with Gasteiger partial charge in [0.2, 0.25) is 5.95 Å². The fraction of sp³-hybridized carbons (Fsp3) is 0.250. The van der Waals surface area contributed by atoms with Crippen LogP contribution >= 0.6 is 0 Å². The summed E-state index contributed by atoms with van der Waals surface area (Å²) < 4.78 is 7.13. The number of nitrogens with zero attached hydrogens (tertiary/aromatic N) is 4. The number of ether oxygens (including phenoxy) is 1. The minimum atomic E-state index is -0.875. The molecule has 1 fully saturated rings. The van der Waals surface area contributed by atoms with Crippen molar-refractivity contribution in [2.75, 3.05) is 11.9 Å². The Bertz CT molecular complexity index is 1400. The normalized spacial score (nSPS) is 20.8. The van der Waals surface area contributed by atoms with E-state index in [4.69, 9.17) is 4.74 Å². The van der Waals surface area contributed by atoms with Gasteiger partial charge in [0.05, 0.1) is 24.0 Å². The minimum Gasteiger partial charge on any atom is -0.394 e. The maximum Gasteiger partial charge on any atom is 0.293 e. The van der Waals surface area contributed by atoms with Crippen LogP contribution in [0.2, 0.25) is 0 Å². The lowest BCUT2D eigenvalue weighted by Gasteiger charge is -2.14. The maximum absolute atomic E-state index is 12.6. The highest BCUT2D eigenvalue weighted by atomic mass is 16.6. The number of hydrogen-bond acceptors (Lipinski definition) is 9. The predicted molar refractivity (Wildman–Crippen MR) is 114 cm³/mol. The highest BCUT2D eigenvalue weighted by Gasteiger charge is 2.35. The molecule has 12 nitrogen and oxygen atoms in total. The van der Waals surface area contributed by atoms with Crippen molar-refractivity contribution in [1.82, 2.24) is 19.5 Å². The fourth-order valence-corrected chi connectivity index (χ4v) is 3.91. The topological polar surface area (TPSA) is 168 Å². The van der Waals surface area contributed by atoms with E-state index in [1.807, 2.05) is 12.1 Å². The lowest BCUT2D eigenvalue weighted by molar-refractivity contribution is -0.383. The van der Waals surface area contributed by atoms with Crippen LogP contribution in [0.4, 0.5) is 17.3 Å². The molecule has 5 rings (SSSR count). The van der Waals surface area contributed by atoms with Crippen LogP contribution in [0.15, 0.2) is 47.5 Å². The quantitative estimate of drug-likeness (QED) is 0.267. The molecule has 4 N–H and O–H groups in total. The molecule has 32 heavy (non-hydrogen) atoms. The highest BCUT2D eigenvalue weighted by Crippen LogP contribution is 2.35. The number of H-pyrrole nitrogens is 1. The molecule has 1 aliphatic heterocycles. The second-order valence-corrected chi connectivity index (χ2v) is 7.42. The minimum absolute atomic E-state index is 0.0130. The Labute approximate surface area is 179 Å². The first-order valence-corrected chi connectivity index (χ1v) is 9.80. The number of nitrogens with one attached hydrogen (secondary N) is 2. The first-order chi connectivity index (χ1) is 15.5. The molecule has 164 valence electrons. The van der Waals surface area contributed by atoms with Crippen molar-refractivity contribution >= 4 is 39.3 Å². The van der Waals surface area contributed by atoms with E-state index in [-0.39, 0.29) is 41.5 Å². The van der Waals surface area contributed by atoms with Crippen molar-refractivity contribution in [2.24, 2.45) is 0 Å². The Kier molecular flexibility index (Phi) is 4.81. The number of aliphatic hydroxyl groups is 2. The second kappa shape index (κ2) is 7.67. The third-order valence-electron chi connectivity index (χ3n) is 5.47.